The molecule has 0 aromatic carbocycles. The van der Waals surface area contributed by atoms with Gasteiger partial charge < -0.3 is 14.6 Å². The van der Waals surface area contributed by atoms with Gasteiger partial charge in [0.25, 0.3) is 0 Å². The zero-order valence-electron chi connectivity index (χ0n) is 48.7. The van der Waals surface area contributed by atoms with Gasteiger partial charge in [0.2, 0.25) is 0 Å². The minimum atomic E-state index is -0.770. The second-order valence-electron chi connectivity index (χ2n) is 22.2. The number of aliphatic hydroxyl groups is 1. The lowest BCUT2D eigenvalue weighted by atomic mass is 10.0. The normalized spacial score (nSPS) is 12.3. The first-order valence-electron chi connectivity index (χ1n) is 32.5. The van der Waals surface area contributed by atoms with E-state index in [2.05, 4.69) is 50.3 Å². The lowest BCUT2D eigenvalue weighted by molar-refractivity contribution is -0.161. The quantitative estimate of drug-likeness (QED) is 0.0373. The molecule has 0 heterocycles. The molecule has 1 atom stereocenters. The van der Waals surface area contributed by atoms with Crippen LogP contribution in [0, 0.1) is 0 Å². The zero-order valence-corrected chi connectivity index (χ0v) is 48.7. The van der Waals surface area contributed by atoms with E-state index in [1.807, 2.05) is 0 Å². The molecule has 0 aliphatic carbocycles. The number of carbonyl (C=O) groups excluding carboxylic acids is 2. The van der Waals surface area contributed by atoms with E-state index in [0.29, 0.717) is 12.8 Å². The lowest BCUT2D eigenvalue weighted by Crippen LogP contribution is -2.28. The number of ether oxygens (including phenoxy) is 2. The first kappa shape index (κ1) is 70.1. The Bertz CT molecular complexity index is 1140. The molecule has 0 rings (SSSR count). The van der Waals surface area contributed by atoms with Crippen molar-refractivity contribution >= 4 is 11.9 Å². The molecule has 0 radical (unpaired) electrons. The molecule has 1 N–H and O–H groups in total. The van der Waals surface area contributed by atoms with E-state index in [1.165, 1.54) is 289 Å². The Morgan fingerprint density at radius 3 is 0.833 bits per heavy atom. The van der Waals surface area contributed by atoms with Crippen LogP contribution in [0.15, 0.2) is 36.5 Å². The van der Waals surface area contributed by atoms with Gasteiger partial charge in [-0.15, -0.1) is 0 Å². The van der Waals surface area contributed by atoms with E-state index in [1.54, 1.807) is 0 Å². The fourth-order valence-corrected chi connectivity index (χ4v) is 10.00. The van der Waals surface area contributed by atoms with Gasteiger partial charge in [0, 0.05) is 12.8 Å². The van der Waals surface area contributed by atoms with Crippen LogP contribution in [-0.4, -0.2) is 36.4 Å². The second-order valence-corrected chi connectivity index (χ2v) is 22.2. The highest BCUT2D eigenvalue weighted by Crippen LogP contribution is 2.18. The largest absolute Gasteiger partial charge is 0.462 e. The van der Waals surface area contributed by atoms with Crippen molar-refractivity contribution in [1.82, 2.24) is 0 Å². The minimum absolute atomic E-state index is 0.0613. The van der Waals surface area contributed by atoms with Crippen LogP contribution in [0.1, 0.15) is 361 Å². The Balaban J connectivity index is 3.37. The van der Waals surface area contributed by atoms with E-state index in [0.717, 1.165) is 44.9 Å². The molecule has 0 spiro atoms. The number of aliphatic hydroxyl groups excluding tert-OH is 1. The number of allylic oxidation sites excluding steroid dienone is 6. The Morgan fingerprint density at radius 1 is 0.319 bits per heavy atom. The summed E-state index contributed by atoms with van der Waals surface area (Å²) in [5.74, 6) is -0.573. The highest BCUT2D eigenvalue weighted by molar-refractivity contribution is 5.70. The third-order valence-corrected chi connectivity index (χ3v) is 14.9. The van der Waals surface area contributed by atoms with Gasteiger partial charge in [-0.1, -0.05) is 314 Å². The van der Waals surface area contributed by atoms with Gasteiger partial charge in [-0.2, -0.15) is 0 Å². The predicted molar refractivity (Wildman–Crippen MR) is 316 cm³/mol. The first-order chi connectivity index (χ1) is 35.6. The van der Waals surface area contributed by atoms with Crippen LogP contribution in [-0.2, 0) is 19.1 Å². The lowest BCUT2D eigenvalue weighted by Gasteiger charge is -2.15. The molecule has 0 saturated heterocycles. The van der Waals surface area contributed by atoms with Crippen molar-refractivity contribution in [3.63, 3.8) is 0 Å². The Morgan fingerprint density at radius 2 is 0.556 bits per heavy atom. The SMILES string of the molecule is CCCCCCC/C=C\C/C=C\CCCCCCCCCCCCCCCCCCCCCCCCCCCCCC(=O)OC(CO)COC(=O)CCCCCCCCCCC/C=C\CCCCCCCC. The second kappa shape index (κ2) is 63.4. The van der Waals surface area contributed by atoms with Gasteiger partial charge in [-0.25, -0.2) is 0 Å². The van der Waals surface area contributed by atoms with E-state index < -0.39 is 6.10 Å². The first-order valence-corrected chi connectivity index (χ1v) is 32.5. The third kappa shape index (κ3) is 60.7. The molecule has 0 aromatic heterocycles. The van der Waals surface area contributed by atoms with E-state index in [9.17, 15) is 14.7 Å². The summed E-state index contributed by atoms with van der Waals surface area (Å²) in [6, 6.07) is 0. The van der Waals surface area contributed by atoms with Crippen molar-refractivity contribution in [3.8, 4) is 0 Å². The fourth-order valence-electron chi connectivity index (χ4n) is 10.00. The van der Waals surface area contributed by atoms with Gasteiger partial charge in [-0.3, -0.25) is 9.59 Å². The number of carbonyl (C=O) groups is 2. The van der Waals surface area contributed by atoms with E-state index in [-0.39, 0.29) is 25.2 Å². The number of esters is 2. The van der Waals surface area contributed by atoms with Crippen LogP contribution < -0.4 is 0 Å². The van der Waals surface area contributed by atoms with Crippen molar-refractivity contribution in [3.05, 3.63) is 36.5 Å². The van der Waals surface area contributed by atoms with Crippen LogP contribution in [0.4, 0.5) is 0 Å². The summed E-state index contributed by atoms with van der Waals surface area (Å²) in [5, 5.41) is 9.67. The van der Waals surface area contributed by atoms with Gasteiger partial charge in [0.05, 0.1) is 6.61 Å². The van der Waals surface area contributed by atoms with Crippen LogP contribution in [0.3, 0.4) is 0 Å². The van der Waals surface area contributed by atoms with Crippen LogP contribution >= 0.6 is 0 Å². The van der Waals surface area contributed by atoms with Gasteiger partial charge in [-0.05, 0) is 70.6 Å². The van der Waals surface area contributed by atoms with E-state index in [4.69, 9.17) is 9.47 Å². The Labute approximate surface area is 450 Å². The van der Waals surface area contributed by atoms with Crippen molar-refractivity contribution in [2.45, 2.75) is 367 Å². The van der Waals surface area contributed by atoms with Crippen molar-refractivity contribution in [2.24, 2.45) is 0 Å². The predicted octanol–water partition coefficient (Wildman–Crippen LogP) is 22.2. The molecule has 0 bridgehead atoms. The van der Waals surface area contributed by atoms with Crippen LogP contribution in [0.2, 0.25) is 0 Å². The van der Waals surface area contributed by atoms with Gasteiger partial charge in [0.1, 0.15) is 6.61 Å². The average molecular weight is 1010 g/mol. The monoisotopic (exact) mass is 1010 g/mol. The van der Waals surface area contributed by atoms with Crippen LogP contribution in [0.25, 0.3) is 0 Å². The summed E-state index contributed by atoms with van der Waals surface area (Å²) >= 11 is 0. The third-order valence-electron chi connectivity index (χ3n) is 14.9. The molecule has 0 aliphatic rings. The van der Waals surface area contributed by atoms with E-state index >= 15 is 0 Å². The molecular formula is C67H126O5. The Kier molecular flexibility index (Phi) is 61.8. The maximum atomic E-state index is 12.3. The average Bonchev–Trinajstić information content (AvgIpc) is 3.38. The molecule has 0 aliphatic heterocycles. The topological polar surface area (TPSA) is 72.8 Å². The molecule has 0 saturated carbocycles. The summed E-state index contributed by atoms with van der Waals surface area (Å²) in [6.45, 7) is 4.17. The minimum Gasteiger partial charge on any atom is -0.462 e. The molecule has 1 unspecified atom stereocenters. The summed E-state index contributed by atoms with van der Waals surface area (Å²) < 4.78 is 10.7. The maximum absolute atomic E-state index is 12.3. The molecule has 0 aromatic rings. The maximum Gasteiger partial charge on any atom is 0.306 e. The number of unbranched alkanes of at least 4 members (excludes halogenated alkanes) is 47. The van der Waals surface area contributed by atoms with Crippen molar-refractivity contribution in [1.29, 1.82) is 0 Å². The van der Waals surface area contributed by atoms with Crippen molar-refractivity contribution < 1.29 is 24.2 Å². The number of hydrogen-bond acceptors (Lipinski definition) is 5. The zero-order chi connectivity index (χ0) is 52.0. The Hall–Kier alpha value is -1.88. The van der Waals surface area contributed by atoms with Crippen LogP contribution in [0.5, 0.6) is 0 Å². The molecule has 5 nitrogen and oxygen atoms in total. The smallest absolute Gasteiger partial charge is 0.306 e. The van der Waals surface area contributed by atoms with Gasteiger partial charge >= 0.3 is 11.9 Å². The molecule has 424 valence electrons. The fraction of sp³-hybridized carbons (Fsp3) is 0.881. The van der Waals surface area contributed by atoms with Crippen molar-refractivity contribution in [2.75, 3.05) is 13.2 Å². The summed E-state index contributed by atoms with van der Waals surface area (Å²) in [5.41, 5.74) is 0. The molecular weight excluding hydrogens is 885 g/mol. The summed E-state index contributed by atoms with van der Waals surface area (Å²) in [4.78, 5) is 24.6. The number of hydrogen-bond donors (Lipinski definition) is 1. The molecule has 0 fully saturated rings. The summed E-state index contributed by atoms with van der Waals surface area (Å²) in [7, 11) is 0. The summed E-state index contributed by atoms with van der Waals surface area (Å²) in [6.07, 6.45) is 83.1. The number of rotatable bonds is 61. The molecule has 0 amide bonds. The van der Waals surface area contributed by atoms with Gasteiger partial charge in [0.15, 0.2) is 6.10 Å². The molecule has 5 heteroatoms. The molecule has 72 heavy (non-hydrogen) atoms. The highest BCUT2D eigenvalue weighted by Gasteiger charge is 2.16. The highest BCUT2D eigenvalue weighted by atomic mass is 16.6. The standard InChI is InChI=1S/C67H126O5/c1-3-5-7-9-11-13-15-17-19-21-23-24-25-26-27-28-29-30-31-32-33-34-35-36-37-38-39-40-41-42-44-46-48-50-52-54-56-58-60-62-67(70)72-65(63-68)64-71-66(69)61-59-57-55-53-51-49-47-45-43-22-20-18-16-14-12-10-8-6-4-2/h15,17-18,20-21,23,65,68H,3-14,16,19,22,24-64H2,1-2H3/b17-15-,20-18-,23-21-.